The SMILES string of the molecule is CC(C)C1COCc2cc(C(F)(F)F)ccc21. The summed E-state index contributed by atoms with van der Waals surface area (Å²) in [6.45, 7) is 4.99. The van der Waals surface area contributed by atoms with Crippen LogP contribution in [0.25, 0.3) is 0 Å². The molecule has 0 N–H and O–H groups in total. The summed E-state index contributed by atoms with van der Waals surface area (Å²) in [4.78, 5) is 0. The molecule has 1 atom stereocenters. The Labute approximate surface area is 98.6 Å². The van der Waals surface area contributed by atoms with Crippen molar-refractivity contribution in [3.8, 4) is 0 Å². The quantitative estimate of drug-likeness (QED) is 0.726. The van der Waals surface area contributed by atoms with Crippen molar-refractivity contribution in [3.63, 3.8) is 0 Å². The van der Waals surface area contributed by atoms with Crippen molar-refractivity contribution in [2.24, 2.45) is 5.92 Å². The van der Waals surface area contributed by atoms with Crippen LogP contribution in [0.2, 0.25) is 0 Å². The van der Waals surface area contributed by atoms with Crippen molar-refractivity contribution in [3.05, 3.63) is 34.9 Å². The molecule has 1 aromatic rings. The molecular formula is C13H15F3O. The van der Waals surface area contributed by atoms with E-state index >= 15 is 0 Å². The molecule has 0 aromatic heterocycles. The maximum absolute atomic E-state index is 12.6. The lowest BCUT2D eigenvalue weighted by molar-refractivity contribution is -0.137. The second-order valence-corrected chi connectivity index (χ2v) is 4.78. The number of alkyl halides is 3. The van der Waals surface area contributed by atoms with Gasteiger partial charge in [-0.2, -0.15) is 13.2 Å². The molecule has 2 rings (SSSR count). The molecule has 1 nitrogen and oxygen atoms in total. The van der Waals surface area contributed by atoms with Crippen LogP contribution in [0.4, 0.5) is 13.2 Å². The minimum Gasteiger partial charge on any atom is -0.376 e. The van der Waals surface area contributed by atoms with Crippen molar-refractivity contribution in [2.75, 3.05) is 6.61 Å². The topological polar surface area (TPSA) is 9.23 Å². The first-order valence-electron chi connectivity index (χ1n) is 5.67. The van der Waals surface area contributed by atoms with E-state index in [-0.39, 0.29) is 12.5 Å². The van der Waals surface area contributed by atoms with Crippen LogP contribution in [0.5, 0.6) is 0 Å². The summed E-state index contributed by atoms with van der Waals surface area (Å²) < 4.78 is 43.1. The van der Waals surface area contributed by atoms with Gasteiger partial charge in [-0.1, -0.05) is 19.9 Å². The zero-order valence-electron chi connectivity index (χ0n) is 9.84. The normalized spacial score (nSPS) is 20.5. The highest BCUT2D eigenvalue weighted by molar-refractivity contribution is 5.37. The highest BCUT2D eigenvalue weighted by atomic mass is 19.4. The lowest BCUT2D eigenvalue weighted by Gasteiger charge is -2.29. The van der Waals surface area contributed by atoms with Crippen LogP contribution in [-0.4, -0.2) is 6.61 Å². The molecule has 0 saturated heterocycles. The number of hydrogen-bond acceptors (Lipinski definition) is 1. The number of benzene rings is 1. The van der Waals surface area contributed by atoms with Crippen molar-refractivity contribution >= 4 is 0 Å². The molecule has 0 radical (unpaired) electrons. The largest absolute Gasteiger partial charge is 0.416 e. The Morgan fingerprint density at radius 3 is 2.59 bits per heavy atom. The van der Waals surface area contributed by atoms with Gasteiger partial charge in [0, 0.05) is 5.92 Å². The molecule has 0 spiro atoms. The Morgan fingerprint density at radius 2 is 2.00 bits per heavy atom. The van der Waals surface area contributed by atoms with Gasteiger partial charge in [-0.15, -0.1) is 0 Å². The van der Waals surface area contributed by atoms with Gasteiger partial charge in [0.25, 0.3) is 0 Å². The standard InChI is InChI=1S/C13H15F3O/c1-8(2)12-7-17-6-9-5-10(13(14,15)16)3-4-11(9)12/h3-5,8,12H,6-7H2,1-2H3. The van der Waals surface area contributed by atoms with E-state index in [2.05, 4.69) is 13.8 Å². The molecule has 0 aliphatic carbocycles. The zero-order valence-corrected chi connectivity index (χ0v) is 9.84. The van der Waals surface area contributed by atoms with Crippen molar-refractivity contribution in [1.82, 2.24) is 0 Å². The Kier molecular flexibility index (Phi) is 3.17. The fourth-order valence-corrected chi connectivity index (χ4v) is 2.21. The van der Waals surface area contributed by atoms with E-state index in [1.54, 1.807) is 6.07 Å². The van der Waals surface area contributed by atoms with E-state index in [1.165, 1.54) is 12.1 Å². The van der Waals surface area contributed by atoms with Gasteiger partial charge in [0.2, 0.25) is 0 Å². The Balaban J connectivity index is 2.40. The maximum Gasteiger partial charge on any atom is 0.416 e. The molecule has 1 unspecified atom stereocenters. The first-order chi connectivity index (χ1) is 7.89. The predicted octanol–water partition coefficient (Wildman–Crippen LogP) is 3.98. The Bertz CT molecular complexity index is 410. The third-order valence-electron chi connectivity index (χ3n) is 3.23. The smallest absolute Gasteiger partial charge is 0.376 e. The third-order valence-corrected chi connectivity index (χ3v) is 3.23. The van der Waals surface area contributed by atoms with E-state index in [9.17, 15) is 13.2 Å². The Morgan fingerprint density at radius 1 is 1.29 bits per heavy atom. The van der Waals surface area contributed by atoms with Crippen LogP contribution >= 0.6 is 0 Å². The monoisotopic (exact) mass is 244 g/mol. The minimum atomic E-state index is -4.28. The second kappa shape index (κ2) is 4.33. The van der Waals surface area contributed by atoms with Gasteiger partial charge in [0.05, 0.1) is 18.8 Å². The van der Waals surface area contributed by atoms with E-state index in [0.717, 1.165) is 5.56 Å². The van der Waals surface area contributed by atoms with E-state index in [1.807, 2.05) is 0 Å². The summed E-state index contributed by atoms with van der Waals surface area (Å²) in [5.74, 6) is 0.562. The van der Waals surface area contributed by atoms with Gasteiger partial charge >= 0.3 is 6.18 Å². The summed E-state index contributed by atoms with van der Waals surface area (Å²) in [6.07, 6.45) is -4.28. The van der Waals surface area contributed by atoms with Gasteiger partial charge in [0.1, 0.15) is 0 Å². The van der Waals surface area contributed by atoms with Crippen LogP contribution in [0.3, 0.4) is 0 Å². The molecule has 0 bridgehead atoms. The van der Waals surface area contributed by atoms with Crippen LogP contribution < -0.4 is 0 Å². The fraction of sp³-hybridized carbons (Fsp3) is 0.538. The van der Waals surface area contributed by atoms with Crippen molar-refractivity contribution in [2.45, 2.75) is 32.5 Å². The molecule has 0 fully saturated rings. The van der Waals surface area contributed by atoms with Gasteiger partial charge in [-0.3, -0.25) is 0 Å². The van der Waals surface area contributed by atoms with Crippen LogP contribution in [0.1, 0.15) is 36.5 Å². The van der Waals surface area contributed by atoms with Gasteiger partial charge < -0.3 is 4.74 Å². The van der Waals surface area contributed by atoms with Crippen LogP contribution in [0, 0.1) is 5.92 Å². The predicted molar refractivity (Wildman–Crippen MR) is 58.7 cm³/mol. The fourth-order valence-electron chi connectivity index (χ4n) is 2.21. The summed E-state index contributed by atoms with van der Waals surface area (Å²) >= 11 is 0. The van der Waals surface area contributed by atoms with E-state index in [0.29, 0.717) is 18.1 Å². The first kappa shape index (κ1) is 12.4. The number of rotatable bonds is 1. The maximum atomic E-state index is 12.6. The number of fused-ring (bicyclic) bond motifs is 1. The zero-order chi connectivity index (χ0) is 12.6. The number of hydrogen-bond donors (Lipinski definition) is 0. The molecular weight excluding hydrogens is 229 g/mol. The molecule has 1 aliphatic heterocycles. The van der Waals surface area contributed by atoms with Gasteiger partial charge in [-0.05, 0) is 29.2 Å². The summed E-state index contributed by atoms with van der Waals surface area (Å²) in [5.41, 5.74) is 1.08. The number of halogens is 3. The summed E-state index contributed by atoms with van der Waals surface area (Å²) in [6, 6.07) is 3.98. The summed E-state index contributed by atoms with van der Waals surface area (Å²) in [5, 5.41) is 0. The molecule has 0 amide bonds. The van der Waals surface area contributed by atoms with Gasteiger partial charge in [-0.25, -0.2) is 0 Å². The molecule has 4 heteroatoms. The Hall–Kier alpha value is -1.03. The highest BCUT2D eigenvalue weighted by Crippen LogP contribution is 2.36. The van der Waals surface area contributed by atoms with Crippen LogP contribution in [-0.2, 0) is 17.5 Å². The molecule has 1 aromatic carbocycles. The van der Waals surface area contributed by atoms with Crippen molar-refractivity contribution in [1.29, 1.82) is 0 Å². The van der Waals surface area contributed by atoms with Crippen LogP contribution in [0.15, 0.2) is 18.2 Å². The molecule has 0 saturated carbocycles. The van der Waals surface area contributed by atoms with E-state index < -0.39 is 11.7 Å². The second-order valence-electron chi connectivity index (χ2n) is 4.78. The lowest BCUT2D eigenvalue weighted by Crippen LogP contribution is -2.21. The van der Waals surface area contributed by atoms with E-state index in [4.69, 9.17) is 4.74 Å². The third kappa shape index (κ3) is 2.46. The number of ether oxygens (including phenoxy) is 1. The molecule has 1 heterocycles. The summed E-state index contributed by atoms with van der Waals surface area (Å²) in [7, 11) is 0. The average molecular weight is 244 g/mol. The molecule has 17 heavy (non-hydrogen) atoms. The minimum absolute atomic E-state index is 0.195. The lowest BCUT2D eigenvalue weighted by atomic mass is 9.84. The van der Waals surface area contributed by atoms with Crippen molar-refractivity contribution < 1.29 is 17.9 Å². The average Bonchev–Trinajstić information content (AvgIpc) is 2.26. The van der Waals surface area contributed by atoms with Gasteiger partial charge in [0.15, 0.2) is 0 Å². The molecule has 1 aliphatic rings. The molecule has 94 valence electrons. The first-order valence-corrected chi connectivity index (χ1v) is 5.67. The highest BCUT2D eigenvalue weighted by Gasteiger charge is 2.32.